The van der Waals surface area contributed by atoms with E-state index in [9.17, 15) is 9.90 Å². The summed E-state index contributed by atoms with van der Waals surface area (Å²) in [4.78, 5) is 10.7. The van der Waals surface area contributed by atoms with Crippen LogP contribution in [0.15, 0.2) is 0 Å². The molecule has 2 N–H and O–H groups in total. The van der Waals surface area contributed by atoms with Gasteiger partial charge in [-0.3, -0.25) is 4.79 Å². The van der Waals surface area contributed by atoms with Crippen molar-refractivity contribution in [2.45, 2.75) is 38.7 Å². The summed E-state index contributed by atoms with van der Waals surface area (Å²) in [6.45, 7) is 1.71. The number of hydrogen-bond acceptors (Lipinski definition) is 2. The zero-order valence-corrected chi connectivity index (χ0v) is 6.71. The minimum Gasteiger partial charge on any atom is -0.481 e. The molecule has 0 aromatic heterocycles. The topological polar surface area (TPSA) is 57.5 Å². The summed E-state index contributed by atoms with van der Waals surface area (Å²) in [7, 11) is 0. The molecule has 0 spiro atoms. The first-order valence-electron chi connectivity index (χ1n) is 3.96. The molecule has 2 atom stereocenters. The lowest BCUT2D eigenvalue weighted by Crippen LogP contribution is -2.35. The van der Waals surface area contributed by atoms with E-state index in [1.165, 1.54) is 0 Å². The van der Waals surface area contributed by atoms with Crippen LogP contribution in [-0.2, 0) is 4.79 Å². The van der Waals surface area contributed by atoms with Crippen LogP contribution in [-0.4, -0.2) is 22.3 Å². The average Bonchev–Trinajstić information content (AvgIpc) is 1.86. The highest BCUT2D eigenvalue weighted by Crippen LogP contribution is 2.35. The van der Waals surface area contributed by atoms with Gasteiger partial charge in [0.25, 0.3) is 0 Å². The van der Waals surface area contributed by atoms with E-state index < -0.39 is 17.5 Å². The fourth-order valence-corrected chi connectivity index (χ4v) is 1.65. The van der Waals surface area contributed by atoms with Crippen LogP contribution < -0.4 is 0 Å². The van der Waals surface area contributed by atoms with Crippen molar-refractivity contribution in [1.82, 2.24) is 0 Å². The molecule has 1 fully saturated rings. The average molecular weight is 158 g/mol. The second kappa shape index (κ2) is 2.81. The van der Waals surface area contributed by atoms with Gasteiger partial charge in [-0.05, 0) is 32.6 Å². The molecule has 0 amide bonds. The third kappa shape index (κ3) is 1.71. The maximum absolute atomic E-state index is 10.7. The molecule has 11 heavy (non-hydrogen) atoms. The van der Waals surface area contributed by atoms with Gasteiger partial charge in [0, 0.05) is 0 Å². The summed E-state index contributed by atoms with van der Waals surface area (Å²) >= 11 is 0. The fraction of sp³-hybridized carbons (Fsp3) is 0.875. The zero-order valence-electron chi connectivity index (χ0n) is 6.71. The molecule has 0 aromatic carbocycles. The van der Waals surface area contributed by atoms with E-state index in [0.717, 1.165) is 12.8 Å². The highest BCUT2D eigenvalue weighted by atomic mass is 16.4. The molecule has 1 aliphatic rings. The van der Waals surface area contributed by atoms with Crippen molar-refractivity contribution < 1.29 is 15.0 Å². The molecule has 0 radical (unpaired) electrons. The predicted molar refractivity (Wildman–Crippen MR) is 40.2 cm³/mol. The van der Waals surface area contributed by atoms with Crippen LogP contribution in [0.5, 0.6) is 0 Å². The number of aliphatic hydroxyl groups is 1. The second-order valence-corrected chi connectivity index (χ2v) is 3.62. The molecule has 0 bridgehead atoms. The first kappa shape index (κ1) is 8.53. The number of carboxylic acid groups (broad SMARTS) is 1. The maximum Gasteiger partial charge on any atom is 0.309 e. The van der Waals surface area contributed by atoms with E-state index in [-0.39, 0.29) is 0 Å². The summed E-state index contributed by atoms with van der Waals surface area (Å²) in [5.74, 6) is -0.781. The first-order valence-corrected chi connectivity index (χ1v) is 3.96. The Hall–Kier alpha value is -0.570. The molecule has 0 aliphatic heterocycles. The standard InChI is InChI=1S/C8H14O3/c1-8(7(10)11)4-2-3-6(9)5-8/h6,9H,2-5H2,1H3,(H,10,11). The molecule has 0 aromatic rings. The monoisotopic (exact) mass is 158 g/mol. The van der Waals surface area contributed by atoms with Crippen molar-refractivity contribution in [2.75, 3.05) is 0 Å². The van der Waals surface area contributed by atoms with Crippen LogP contribution in [0, 0.1) is 5.41 Å². The third-order valence-corrected chi connectivity index (χ3v) is 2.47. The van der Waals surface area contributed by atoms with Crippen LogP contribution in [0.3, 0.4) is 0 Å². The van der Waals surface area contributed by atoms with Gasteiger partial charge in [0.2, 0.25) is 0 Å². The first-order chi connectivity index (χ1) is 5.04. The Bertz CT molecular complexity index is 167. The number of carboxylic acids is 1. The Balaban J connectivity index is 2.63. The van der Waals surface area contributed by atoms with Crippen LogP contribution >= 0.6 is 0 Å². The Morgan fingerprint density at radius 1 is 1.64 bits per heavy atom. The van der Waals surface area contributed by atoms with Crippen molar-refractivity contribution in [1.29, 1.82) is 0 Å². The normalized spacial score (nSPS) is 38.5. The zero-order chi connectivity index (χ0) is 8.48. The Labute approximate surface area is 66.0 Å². The summed E-state index contributed by atoms with van der Waals surface area (Å²) in [6, 6.07) is 0. The van der Waals surface area contributed by atoms with Gasteiger partial charge in [0.15, 0.2) is 0 Å². The van der Waals surface area contributed by atoms with Crippen LogP contribution in [0.1, 0.15) is 32.6 Å². The Morgan fingerprint density at radius 3 is 2.64 bits per heavy atom. The maximum atomic E-state index is 10.7. The Kier molecular flexibility index (Phi) is 2.18. The van der Waals surface area contributed by atoms with Gasteiger partial charge in [0.05, 0.1) is 11.5 Å². The second-order valence-electron chi connectivity index (χ2n) is 3.62. The van der Waals surface area contributed by atoms with Gasteiger partial charge in [-0.2, -0.15) is 0 Å². The summed E-state index contributed by atoms with van der Waals surface area (Å²) in [5, 5.41) is 18.0. The lowest BCUT2D eigenvalue weighted by molar-refractivity contribution is -0.152. The van der Waals surface area contributed by atoms with Crippen LogP contribution in [0.2, 0.25) is 0 Å². The molecule has 1 saturated carbocycles. The minimum absolute atomic E-state index is 0.405. The largest absolute Gasteiger partial charge is 0.481 e. The molecule has 3 nitrogen and oxygen atoms in total. The Morgan fingerprint density at radius 2 is 2.27 bits per heavy atom. The lowest BCUT2D eigenvalue weighted by Gasteiger charge is -2.31. The highest BCUT2D eigenvalue weighted by molar-refractivity contribution is 5.74. The number of hydrogen-bond donors (Lipinski definition) is 2. The third-order valence-electron chi connectivity index (χ3n) is 2.47. The quantitative estimate of drug-likeness (QED) is 0.598. The van der Waals surface area contributed by atoms with E-state index >= 15 is 0 Å². The molecular formula is C8H14O3. The van der Waals surface area contributed by atoms with Crippen molar-refractivity contribution in [3.8, 4) is 0 Å². The van der Waals surface area contributed by atoms with Crippen molar-refractivity contribution in [3.63, 3.8) is 0 Å². The van der Waals surface area contributed by atoms with E-state index in [2.05, 4.69) is 0 Å². The minimum atomic E-state index is -0.781. The van der Waals surface area contributed by atoms with Gasteiger partial charge >= 0.3 is 5.97 Å². The van der Waals surface area contributed by atoms with Crippen LogP contribution in [0.25, 0.3) is 0 Å². The molecular weight excluding hydrogens is 144 g/mol. The van der Waals surface area contributed by atoms with E-state index in [1.54, 1.807) is 6.92 Å². The summed E-state index contributed by atoms with van der Waals surface area (Å²) in [6.07, 6.45) is 2.26. The van der Waals surface area contributed by atoms with Crippen molar-refractivity contribution in [2.24, 2.45) is 5.41 Å². The number of carbonyl (C=O) groups is 1. The van der Waals surface area contributed by atoms with E-state index in [4.69, 9.17) is 5.11 Å². The fourth-order valence-electron chi connectivity index (χ4n) is 1.65. The molecule has 0 saturated heterocycles. The summed E-state index contributed by atoms with van der Waals surface area (Å²) < 4.78 is 0. The molecule has 1 rings (SSSR count). The van der Waals surface area contributed by atoms with Crippen molar-refractivity contribution >= 4 is 5.97 Å². The predicted octanol–water partition coefficient (Wildman–Crippen LogP) is 1.01. The smallest absolute Gasteiger partial charge is 0.309 e. The van der Waals surface area contributed by atoms with Gasteiger partial charge in [0.1, 0.15) is 0 Å². The molecule has 64 valence electrons. The lowest BCUT2D eigenvalue weighted by atomic mass is 9.74. The van der Waals surface area contributed by atoms with Crippen molar-refractivity contribution in [3.05, 3.63) is 0 Å². The molecule has 1 aliphatic carbocycles. The molecule has 2 unspecified atom stereocenters. The molecule has 0 heterocycles. The van der Waals surface area contributed by atoms with Gasteiger partial charge < -0.3 is 10.2 Å². The SMILES string of the molecule is CC1(C(=O)O)CCCC(O)C1. The number of aliphatic hydroxyl groups excluding tert-OH is 1. The number of rotatable bonds is 1. The van der Waals surface area contributed by atoms with Gasteiger partial charge in [-0.1, -0.05) is 0 Å². The summed E-state index contributed by atoms with van der Waals surface area (Å²) in [5.41, 5.74) is -0.683. The van der Waals surface area contributed by atoms with Crippen LogP contribution in [0.4, 0.5) is 0 Å². The molecule has 3 heteroatoms. The van der Waals surface area contributed by atoms with E-state index in [0.29, 0.717) is 12.8 Å². The van der Waals surface area contributed by atoms with Gasteiger partial charge in [-0.25, -0.2) is 0 Å². The highest BCUT2D eigenvalue weighted by Gasteiger charge is 2.37. The number of aliphatic carboxylic acids is 1. The van der Waals surface area contributed by atoms with E-state index in [1.807, 2.05) is 0 Å². The van der Waals surface area contributed by atoms with Gasteiger partial charge in [-0.15, -0.1) is 0 Å².